The summed E-state index contributed by atoms with van der Waals surface area (Å²) in [6, 6.07) is 0.629. The zero-order valence-electron chi connectivity index (χ0n) is 15.2. The van der Waals surface area contributed by atoms with Crippen molar-refractivity contribution in [3.05, 3.63) is 11.6 Å². The molecule has 0 bridgehead atoms. The average Bonchev–Trinajstić information content (AvgIpc) is 2.68. The molecular formula is C18H33N3O2. The summed E-state index contributed by atoms with van der Waals surface area (Å²) in [4.78, 5) is 16.3. The second-order valence-corrected chi connectivity index (χ2v) is 7.85. The molecule has 0 aromatic heterocycles. The first-order valence-electron chi connectivity index (χ1n) is 8.91. The monoisotopic (exact) mass is 323 g/mol. The Kier molecular flexibility index (Phi) is 6.48. The molecule has 1 atom stereocenters. The largest absolute Gasteiger partial charge is 0.444 e. The molecule has 2 rings (SSSR count). The number of amides is 1. The van der Waals surface area contributed by atoms with E-state index in [1.165, 1.54) is 37.9 Å². The van der Waals surface area contributed by atoms with Crippen LogP contribution >= 0.6 is 0 Å². The predicted octanol–water partition coefficient (Wildman–Crippen LogP) is 2.63. The number of nitrogens with zero attached hydrogens (tertiary/aromatic N) is 2. The third-order valence-corrected chi connectivity index (χ3v) is 4.52. The Morgan fingerprint density at radius 3 is 2.74 bits per heavy atom. The molecule has 0 radical (unpaired) electrons. The van der Waals surface area contributed by atoms with Crippen molar-refractivity contribution in [1.29, 1.82) is 0 Å². The standard InChI is InChI=1S/C18H33N3O2/c1-18(2,3)23-17(22)21-12-7-15(8-13-21)14-19-16-6-5-10-20(4)11-9-16/h7,16,19H,5-6,8-14H2,1-4H3. The van der Waals surface area contributed by atoms with Crippen LogP contribution in [0.15, 0.2) is 11.6 Å². The van der Waals surface area contributed by atoms with Crippen molar-refractivity contribution >= 4 is 6.09 Å². The van der Waals surface area contributed by atoms with Crippen molar-refractivity contribution in [3.63, 3.8) is 0 Å². The van der Waals surface area contributed by atoms with Crippen LogP contribution in [-0.4, -0.2) is 67.3 Å². The molecule has 23 heavy (non-hydrogen) atoms. The Morgan fingerprint density at radius 2 is 2.09 bits per heavy atom. The summed E-state index contributed by atoms with van der Waals surface area (Å²) in [5, 5.41) is 3.70. The van der Waals surface area contributed by atoms with E-state index in [1.54, 1.807) is 4.90 Å². The molecule has 0 aliphatic carbocycles. The lowest BCUT2D eigenvalue weighted by molar-refractivity contribution is 0.0265. The van der Waals surface area contributed by atoms with Crippen molar-refractivity contribution in [2.75, 3.05) is 39.8 Å². The molecule has 132 valence electrons. The maximum atomic E-state index is 12.0. The minimum atomic E-state index is -0.421. The van der Waals surface area contributed by atoms with E-state index in [1.807, 2.05) is 20.8 Å². The SMILES string of the molecule is CN1CCCC(NCC2=CCN(C(=O)OC(C)(C)C)CC2)CC1. The van der Waals surface area contributed by atoms with Crippen LogP contribution in [0.5, 0.6) is 0 Å². The van der Waals surface area contributed by atoms with Crippen molar-refractivity contribution < 1.29 is 9.53 Å². The van der Waals surface area contributed by atoms with E-state index >= 15 is 0 Å². The number of nitrogens with one attached hydrogen (secondary N) is 1. The lowest BCUT2D eigenvalue weighted by Crippen LogP contribution is -2.40. The molecule has 1 fully saturated rings. The third-order valence-electron chi connectivity index (χ3n) is 4.52. The molecule has 1 N–H and O–H groups in total. The van der Waals surface area contributed by atoms with Crippen LogP contribution in [0.25, 0.3) is 0 Å². The molecule has 5 heteroatoms. The molecule has 2 aliphatic rings. The van der Waals surface area contributed by atoms with Gasteiger partial charge >= 0.3 is 6.09 Å². The van der Waals surface area contributed by atoms with Gasteiger partial charge in [0, 0.05) is 25.7 Å². The van der Waals surface area contributed by atoms with Gasteiger partial charge in [0.15, 0.2) is 0 Å². The first-order chi connectivity index (χ1) is 10.8. The molecule has 2 aliphatic heterocycles. The van der Waals surface area contributed by atoms with Crippen LogP contribution in [0.1, 0.15) is 46.5 Å². The number of carbonyl (C=O) groups excluding carboxylic acids is 1. The molecule has 0 aromatic carbocycles. The Hall–Kier alpha value is -1.07. The van der Waals surface area contributed by atoms with E-state index in [4.69, 9.17) is 4.74 Å². The van der Waals surface area contributed by atoms with Crippen molar-refractivity contribution in [2.24, 2.45) is 0 Å². The summed E-state index contributed by atoms with van der Waals surface area (Å²) in [6.07, 6.45) is 6.70. The van der Waals surface area contributed by atoms with Crippen LogP contribution in [0.3, 0.4) is 0 Å². The Balaban J connectivity index is 1.73. The maximum Gasteiger partial charge on any atom is 0.410 e. The highest BCUT2D eigenvalue weighted by molar-refractivity contribution is 5.68. The number of likely N-dealkylation sites (tertiary alicyclic amines) is 1. The smallest absolute Gasteiger partial charge is 0.410 e. The van der Waals surface area contributed by atoms with Crippen molar-refractivity contribution in [1.82, 2.24) is 15.1 Å². The van der Waals surface area contributed by atoms with Crippen LogP contribution in [-0.2, 0) is 4.74 Å². The number of hydrogen-bond acceptors (Lipinski definition) is 4. The van der Waals surface area contributed by atoms with Crippen LogP contribution in [0.4, 0.5) is 4.79 Å². The van der Waals surface area contributed by atoms with E-state index in [-0.39, 0.29) is 6.09 Å². The first kappa shape index (κ1) is 18.3. The maximum absolute atomic E-state index is 12.0. The molecular weight excluding hydrogens is 290 g/mol. The van der Waals surface area contributed by atoms with Gasteiger partial charge in [-0.15, -0.1) is 0 Å². The van der Waals surface area contributed by atoms with Crippen LogP contribution in [0, 0.1) is 0 Å². The first-order valence-corrected chi connectivity index (χ1v) is 8.91. The summed E-state index contributed by atoms with van der Waals surface area (Å²) < 4.78 is 5.43. The van der Waals surface area contributed by atoms with Crippen molar-refractivity contribution in [2.45, 2.75) is 58.1 Å². The fraction of sp³-hybridized carbons (Fsp3) is 0.833. The highest BCUT2D eigenvalue weighted by Crippen LogP contribution is 2.16. The summed E-state index contributed by atoms with van der Waals surface area (Å²) >= 11 is 0. The minimum Gasteiger partial charge on any atom is -0.444 e. The fourth-order valence-corrected chi connectivity index (χ4v) is 3.08. The second-order valence-electron chi connectivity index (χ2n) is 7.85. The van der Waals surface area contributed by atoms with Gasteiger partial charge in [0.25, 0.3) is 0 Å². The van der Waals surface area contributed by atoms with E-state index < -0.39 is 5.60 Å². The third kappa shape index (κ3) is 6.51. The zero-order chi connectivity index (χ0) is 16.9. The van der Waals surface area contributed by atoms with E-state index in [0.29, 0.717) is 12.6 Å². The summed E-state index contributed by atoms with van der Waals surface area (Å²) in [5.41, 5.74) is 0.998. The fourth-order valence-electron chi connectivity index (χ4n) is 3.08. The molecule has 1 saturated heterocycles. The van der Waals surface area contributed by atoms with Crippen LogP contribution < -0.4 is 5.32 Å². The lowest BCUT2D eigenvalue weighted by Gasteiger charge is -2.30. The number of ether oxygens (including phenoxy) is 1. The van der Waals surface area contributed by atoms with Gasteiger partial charge in [0.05, 0.1) is 0 Å². The van der Waals surface area contributed by atoms with Gasteiger partial charge in [-0.3, -0.25) is 0 Å². The topological polar surface area (TPSA) is 44.8 Å². The molecule has 1 amide bonds. The highest BCUT2D eigenvalue weighted by Gasteiger charge is 2.23. The average molecular weight is 323 g/mol. The van der Waals surface area contributed by atoms with Gasteiger partial charge in [0.2, 0.25) is 0 Å². The lowest BCUT2D eigenvalue weighted by atomic mass is 10.1. The van der Waals surface area contributed by atoms with Gasteiger partial charge in [-0.25, -0.2) is 4.79 Å². The summed E-state index contributed by atoms with van der Waals surface area (Å²) in [7, 11) is 2.21. The molecule has 0 spiro atoms. The Labute approximate surface area is 141 Å². The zero-order valence-corrected chi connectivity index (χ0v) is 15.2. The van der Waals surface area contributed by atoms with Gasteiger partial charge in [-0.05, 0) is 66.6 Å². The number of hydrogen-bond donors (Lipinski definition) is 1. The molecule has 1 unspecified atom stereocenters. The van der Waals surface area contributed by atoms with Gasteiger partial charge in [-0.2, -0.15) is 0 Å². The Morgan fingerprint density at radius 1 is 1.30 bits per heavy atom. The predicted molar refractivity (Wildman–Crippen MR) is 93.6 cm³/mol. The summed E-state index contributed by atoms with van der Waals surface area (Å²) in [5.74, 6) is 0. The van der Waals surface area contributed by atoms with Gasteiger partial charge < -0.3 is 19.9 Å². The second kappa shape index (κ2) is 8.15. The van der Waals surface area contributed by atoms with Crippen molar-refractivity contribution in [3.8, 4) is 0 Å². The van der Waals surface area contributed by atoms with Crippen LogP contribution in [0.2, 0.25) is 0 Å². The number of carbonyl (C=O) groups is 1. The molecule has 2 heterocycles. The van der Waals surface area contributed by atoms with E-state index in [9.17, 15) is 4.79 Å². The summed E-state index contributed by atoms with van der Waals surface area (Å²) in [6.45, 7) is 10.5. The normalized spacial score (nSPS) is 24.1. The quantitative estimate of drug-likeness (QED) is 0.811. The molecule has 0 saturated carbocycles. The van der Waals surface area contributed by atoms with E-state index in [0.717, 1.165) is 19.5 Å². The highest BCUT2D eigenvalue weighted by atomic mass is 16.6. The molecule has 5 nitrogen and oxygen atoms in total. The Bertz CT molecular complexity index is 428. The molecule has 0 aromatic rings. The van der Waals surface area contributed by atoms with Gasteiger partial charge in [-0.1, -0.05) is 11.6 Å². The minimum absolute atomic E-state index is 0.201. The van der Waals surface area contributed by atoms with Gasteiger partial charge in [0.1, 0.15) is 5.60 Å². The van der Waals surface area contributed by atoms with E-state index in [2.05, 4.69) is 23.3 Å². The number of rotatable bonds is 3.